The van der Waals surface area contributed by atoms with Crippen molar-refractivity contribution < 1.29 is 4.79 Å². The van der Waals surface area contributed by atoms with Gasteiger partial charge in [-0.05, 0) is 35.9 Å². The van der Waals surface area contributed by atoms with E-state index in [9.17, 15) is 4.79 Å². The molecule has 0 aliphatic heterocycles. The summed E-state index contributed by atoms with van der Waals surface area (Å²) in [5.41, 5.74) is 4.80. The van der Waals surface area contributed by atoms with Crippen LogP contribution in [0.5, 0.6) is 0 Å². The van der Waals surface area contributed by atoms with E-state index in [2.05, 4.69) is 25.3 Å². The lowest BCUT2D eigenvalue weighted by Crippen LogP contribution is -2.23. The van der Waals surface area contributed by atoms with Gasteiger partial charge in [0.1, 0.15) is 18.0 Å². The van der Waals surface area contributed by atoms with Gasteiger partial charge in [0.05, 0.1) is 22.1 Å². The van der Waals surface area contributed by atoms with Crippen LogP contribution in [-0.4, -0.2) is 30.4 Å². The maximum atomic E-state index is 12.2. The number of H-pyrrole nitrogens is 1. The quantitative estimate of drug-likeness (QED) is 0.459. The molecule has 0 saturated heterocycles. The highest BCUT2D eigenvalue weighted by molar-refractivity contribution is 5.78. The van der Waals surface area contributed by atoms with Crippen molar-refractivity contribution in [1.82, 2.24) is 29.8 Å². The maximum Gasteiger partial charge on any atom is 0.220 e. The number of carbonyl (C=O) groups is 1. The van der Waals surface area contributed by atoms with E-state index in [1.807, 2.05) is 65.2 Å². The standard InChI is InChI=1S/C23H20N6O/c30-23(12-10-21-27-17-5-1-2-6-18(17)28-21)25-14-16-9-11-22(24-13-16)29-15-26-19-7-3-4-8-20(19)29/h1-9,11,13,15H,10,12,14H2,(H,25,30)(H,27,28). The number of imidazole rings is 2. The first-order chi connectivity index (χ1) is 14.8. The lowest BCUT2D eigenvalue weighted by molar-refractivity contribution is -0.121. The Morgan fingerprint density at radius 1 is 0.967 bits per heavy atom. The van der Waals surface area contributed by atoms with E-state index >= 15 is 0 Å². The van der Waals surface area contributed by atoms with Crippen LogP contribution in [0.4, 0.5) is 0 Å². The Labute approximate surface area is 172 Å². The number of aromatic amines is 1. The average Bonchev–Trinajstić information content (AvgIpc) is 3.40. The number of hydrogen-bond donors (Lipinski definition) is 2. The minimum absolute atomic E-state index is 0.0138. The summed E-state index contributed by atoms with van der Waals surface area (Å²) in [6, 6.07) is 19.7. The van der Waals surface area contributed by atoms with Crippen molar-refractivity contribution in [2.24, 2.45) is 0 Å². The number of nitrogens with one attached hydrogen (secondary N) is 2. The van der Waals surface area contributed by atoms with Crippen molar-refractivity contribution in [1.29, 1.82) is 0 Å². The fraction of sp³-hybridized carbons (Fsp3) is 0.130. The van der Waals surface area contributed by atoms with Crippen molar-refractivity contribution in [3.05, 3.63) is 84.6 Å². The molecule has 3 aromatic heterocycles. The molecule has 7 heteroatoms. The SMILES string of the molecule is O=C(CCc1nc2ccccc2[nH]1)NCc1ccc(-n2cnc3ccccc32)nc1. The molecule has 148 valence electrons. The molecule has 0 fully saturated rings. The lowest BCUT2D eigenvalue weighted by Gasteiger charge is -2.07. The predicted octanol–water partition coefficient (Wildman–Crippen LogP) is 3.55. The van der Waals surface area contributed by atoms with E-state index in [0.29, 0.717) is 19.4 Å². The van der Waals surface area contributed by atoms with E-state index in [0.717, 1.165) is 39.3 Å². The summed E-state index contributed by atoms with van der Waals surface area (Å²) in [6.45, 7) is 0.441. The first-order valence-corrected chi connectivity index (χ1v) is 9.84. The molecule has 3 heterocycles. The van der Waals surface area contributed by atoms with Crippen LogP contribution < -0.4 is 5.32 Å². The highest BCUT2D eigenvalue weighted by atomic mass is 16.1. The molecule has 2 aromatic carbocycles. The molecule has 0 aliphatic carbocycles. The van der Waals surface area contributed by atoms with Gasteiger partial charge in [0.2, 0.25) is 5.91 Å². The molecule has 5 aromatic rings. The molecule has 0 saturated carbocycles. The van der Waals surface area contributed by atoms with Gasteiger partial charge in [-0.2, -0.15) is 0 Å². The summed E-state index contributed by atoms with van der Waals surface area (Å²) in [7, 11) is 0. The number of benzene rings is 2. The molecule has 7 nitrogen and oxygen atoms in total. The number of rotatable bonds is 6. The maximum absolute atomic E-state index is 12.2. The summed E-state index contributed by atoms with van der Waals surface area (Å²) in [5.74, 6) is 1.61. The molecule has 1 amide bonds. The number of aryl methyl sites for hydroxylation is 1. The zero-order chi connectivity index (χ0) is 20.3. The second-order valence-corrected chi connectivity index (χ2v) is 7.11. The summed E-state index contributed by atoms with van der Waals surface area (Å²) in [4.78, 5) is 28.9. The molecule has 0 radical (unpaired) electrons. The molecular weight excluding hydrogens is 376 g/mol. The second kappa shape index (κ2) is 7.79. The fourth-order valence-corrected chi connectivity index (χ4v) is 3.45. The molecule has 0 aliphatic rings. The normalized spacial score (nSPS) is 11.2. The van der Waals surface area contributed by atoms with E-state index in [1.54, 1.807) is 12.5 Å². The number of pyridine rings is 1. The minimum Gasteiger partial charge on any atom is -0.352 e. The molecule has 0 atom stereocenters. The number of hydrogen-bond acceptors (Lipinski definition) is 4. The van der Waals surface area contributed by atoms with Crippen LogP contribution in [0.3, 0.4) is 0 Å². The summed E-state index contributed by atoms with van der Waals surface area (Å²) < 4.78 is 1.95. The third-order valence-corrected chi connectivity index (χ3v) is 5.03. The Bertz CT molecular complexity index is 1290. The summed E-state index contributed by atoms with van der Waals surface area (Å²) in [6.07, 6.45) is 4.51. The van der Waals surface area contributed by atoms with Gasteiger partial charge in [-0.25, -0.2) is 15.0 Å². The third-order valence-electron chi connectivity index (χ3n) is 5.03. The number of aromatic nitrogens is 5. The van der Waals surface area contributed by atoms with Crippen molar-refractivity contribution in [3.8, 4) is 5.82 Å². The molecule has 0 bridgehead atoms. The van der Waals surface area contributed by atoms with E-state index in [1.165, 1.54) is 0 Å². The van der Waals surface area contributed by atoms with Gasteiger partial charge in [0, 0.05) is 25.6 Å². The van der Waals surface area contributed by atoms with E-state index < -0.39 is 0 Å². The van der Waals surface area contributed by atoms with Gasteiger partial charge in [-0.15, -0.1) is 0 Å². The van der Waals surface area contributed by atoms with Gasteiger partial charge in [-0.1, -0.05) is 30.3 Å². The lowest BCUT2D eigenvalue weighted by atomic mass is 10.2. The number of carbonyl (C=O) groups excluding carboxylic acids is 1. The molecule has 2 N–H and O–H groups in total. The second-order valence-electron chi connectivity index (χ2n) is 7.11. The van der Waals surface area contributed by atoms with Crippen LogP contribution in [0, 0.1) is 0 Å². The highest BCUT2D eigenvalue weighted by Crippen LogP contribution is 2.16. The van der Waals surface area contributed by atoms with E-state index in [4.69, 9.17) is 0 Å². The van der Waals surface area contributed by atoms with Gasteiger partial charge in [-0.3, -0.25) is 9.36 Å². The molecular formula is C23H20N6O. The first kappa shape index (κ1) is 18.1. The van der Waals surface area contributed by atoms with Gasteiger partial charge >= 0.3 is 0 Å². The minimum atomic E-state index is -0.0138. The van der Waals surface area contributed by atoms with Crippen LogP contribution in [0.15, 0.2) is 73.2 Å². The summed E-state index contributed by atoms with van der Waals surface area (Å²) in [5, 5.41) is 2.95. The molecule has 0 unspecified atom stereocenters. The van der Waals surface area contributed by atoms with Gasteiger partial charge in [0.25, 0.3) is 0 Å². The van der Waals surface area contributed by atoms with Crippen LogP contribution >= 0.6 is 0 Å². The Morgan fingerprint density at radius 2 is 1.80 bits per heavy atom. The van der Waals surface area contributed by atoms with Crippen LogP contribution in [0.25, 0.3) is 27.9 Å². The van der Waals surface area contributed by atoms with Crippen molar-refractivity contribution in [2.45, 2.75) is 19.4 Å². The van der Waals surface area contributed by atoms with E-state index in [-0.39, 0.29) is 5.91 Å². The highest BCUT2D eigenvalue weighted by Gasteiger charge is 2.08. The Balaban J connectivity index is 1.17. The van der Waals surface area contributed by atoms with Crippen molar-refractivity contribution in [3.63, 3.8) is 0 Å². The van der Waals surface area contributed by atoms with Crippen LogP contribution in [-0.2, 0) is 17.8 Å². The first-order valence-electron chi connectivity index (χ1n) is 9.84. The topological polar surface area (TPSA) is 88.5 Å². The summed E-state index contributed by atoms with van der Waals surface area (Å²) >= 11 is 0. The zero-order valence-corrected chi connectivity index (χ0v) is 16.2. The predicted molar refractivity (Wildman–Crippen MR) is 115 cm³/mol. The zero-order valence-electron chi connectivity index (χ0n) is 16.2. The number of fused-ring (bicyclic) bond motifs is 2. The Hall–Kier alpha value is -4.00. The molecule has 30 heavy (non-hydrogen) atoms. The smallest absolute Gasteiger partial charge is 0.220 e. The van der Waals surface area contributed by atoms with Gasteiger partial charge < -0.3 is 10.3 Å². The Kier molecular flexibility index (Phi) is 4.69. The largest absolute Gasteiger partial charge is 0.352 e. The van der Waals surface area contributed by atoms with Gasteiger partial charge in [0.15, 0.2) is 0 Å². The van der Waals surface area contributed by atoms with Crippen LogP contribution in [0.2, 0.25) is 0 Å². The molecule has 0 spiro atoms. The number of para-hydroxylation sites is 4. The van der Waals surface area contributed by atoms with Crippen molar-refractivity contribution >= 4 is 28.0 Å². The average molecular weight is 396 g/mol. The number of amides is 1. The monoisotopic (exact) mass is 396 g/mol. The van der Waals surface area contributed by atoms with Crippen molar-refractivity contribution in [2.75, 3.05) is 0 Å². The Morgan fingerprint density at radius 3 is 2.63 bits per heavy atom. The number of nitrogens with zero attached hydrogens (tertiary/aromatic N) is 4. The molecule has 5 rings (SSSR count). The fourth-order valence-electron chi connectivity index (χ4n) is 3.45. The third kappa shape index (κ3) is 3.65. The van der Waals surface area contributed by atoms with Crippen LogP contribution in [0.1, 0.15) is 17.8 Å².